The van der Waals surface area contributed by atoms with Gasteiger partial charge >= 0.3 is 6.03 Å². The molecule has 3 rings (SSSR count). The predicted molar refractivity (Wildman–Crippen MR) is 109 cm³/mol. The zero-order chi connectivity index (χ0) is 20.5. The Bertz CT molecular complexity index is 929. The van der Waals surface area contributed by atoms with E-state index in [-0.39, 0.29) is 12.5 Å². The zero-order valence-electron chi connectivity index (χ0n) is 16.0. The lowest BCUT2D eigenvalue weighted by Gasteiger charge is -2.23. The number of carbonyl (C=O) groups is 3. The number of aryl methyl sites for hydroxylation is 1. The maximum Gasteiger partial charge on any atom is 0.325 e. The van der Waals surface area contributed by atoms with Crippen molar-refractivity contribution in [3.63, 3.8) is 0 Å². The smallest absolute Gasteiger partial charge is 0.325 e. The van der Waals surface area contributed by atoms with Crippen molar-refractivity contribution in [2.75, 3.05) is 13.6 Å². The fourth-order valence-corrected chi connectivity index (χ4v) is 3.55. The van der Waals surface area contributed by atoms with Crippen LogP contribution in [0, 0.1) is 6.92 Å². The van der Waals surface area contributed by atoms with Crippen molar-refractivity contribution in [1.82, 2.24) is 15.1 Å². The topological polar surface area (TPSA) is 69.7 Å². The summed E-state index contributed by atoms with van der Waals surface area (Å²) in [5.41, 5.74) is 1.58. The average molecular weight is 444 g/mol. The average Bonchev–Trinajstić information content (AvgIpc) is 2.87. The minimum atomic E-state index is -1.20. The van der Waals surface area contributed by atoms with Gasteiger partial charge in [-0.2, -0.15) is 0 Å². The molecule has 0 aromatic heterocycles. The Hall–Kier alpha value is -2.67. The van der Waals surface area contributed by atoms with Gasteiger partial charge in [0.2, 0.25) is 5.91 Å². The molecule has 1 atom stereocenters. The van der Waals surface area contributed by atoms with E-state index >= 15 is 0 Å². The SMILES string of the molecule is Cc1ccc(CN(C)C(=O)CN2C(=O)NC(C)(c3cccc(Br)c3)C2=O)cc1. The summed E-state index contributed by atoms with van der Waals surface area (Å²) in [6.07, 6.45) is 0. The molecule has 1 unspecified atom stereocenters. The summed E-state index contributed by atoms with van der Waals surface area (Å²) < 4.78 is 0.806. The molecule has 28 heavy (non-hydrogen) atoms. The standard InChI is InChI=1S/C21H22BrN3O3/c1-14-7-9-15(10-8-14)12-24(3)18(26)13-25-19(27)21(2,23-20(25)28)16-5-4-6-17(22)11-16/h4-11H,12-13H2,1-3H3,(H,23,28). The van der Waals surface area contributed by atoms with E-state index in [2.05, 4.69) is 21.2 Å². The van der Waals surface area contributed by atoms with Gasteiger partial charge in [-0.05, 0) is 37.1 Å². The van der Waals surface area contributed by atoms with E-state index in [1.54, 1.807) is 32.2 Å². The molecule has 0 radical (unpaired) electrons. The molecule has 2 aromatic carbocycles. The third kappa shape index (κ3) is 3.94. The van der Waals surface area contributed by atoms with Gasteiger partial charge in [0.15, 0.2) is 0 Å². The molecule has 1 aliphatic heterocycles. The Balaban J connectivity index is 1.71. The first-order valence-electron chi connectivity index (χ1n) is 8.90. The molecular weight excluding hydrogens is 422 g/mol. The molecule has 1 aliphatic rings. The molecule has 6 nitrogen and oxygen atoms in total. The Labute approximate surface area is 172 Å². The Kier molecular flexibility index (Phi) is 5.56. The molecule has 7 heteroatoms. The van der Waals surface area contributed by atoms with Crippen LogP contribution in [0.4, 0.5) is 4.79 Å². The minimum absolute atomic E-state index is 0.295. The number of imide groups is 1. The normalized spacial score (nSPS) is 18.9. The van der Waals surface area contributed by atoms with Gasteiger partial charge in [0, 0.05) is 18.1 Å². The summed E-state index contributed by atoms with van der Waals surface area (Å²) in [4.78, 5) is 40.5. The van der Waals surface area contributed by atoms with Crippen LogP contribution in [0.2, 0.25) is 0 Å². The minimum Gasteiger partial charge on any atom is -0.340 e. The Morgan fingerprint density at radius 1 is 1.18 bits per heavy atom. The highest BCUT2D eigenvalue weighted by molar-refractivity contribution is 9.10. The first-order valence-corrected chi connectivity index (χ1v) is 9.69. The van der Waals surface area contributed by atoms with E-state index in [4.69, 9.17) is 0 Å². The van der Waals surface area contributed by atoms with Crippen LogP contribution in [0.15, 0.2) is 53.0 Å². The quantitative estimate of drug-likeness (QED) is 0.721. The number of rotatable bonds is 5. The highest BCUT2D eigenvalue weighted by Gasteiger charge is 2.49. The van der Waals surface area contributed by atoms with E-state index in [0.717, 1.165) is 20.5 Å². The highest BCUT2D eigenvalue weighted by Crippen LogP contribution is 2.30. The van der Waals surface area contributed by atoms with Gasteiger partial charge in [-0.15, -0.1) is 0 Å². The number of hydrogen-bond acceptors (Lipinski definition) is 3. The third-order valence-electron chi connectivity index (χ3n) is 4.94. The van der Waals surface area contributed by atoms with Gasteiger partial charge in [0.05, 0.1) is 0 Å². The zero-order valence-corrected chi connectivity index (χ0v) is 17.6. The van der Waals surface area contributed by atoms with Crippen LogP contribution in [0.25, 0.3) is 0 Å². The molecule has 1 fully saturated rings. The predicted octanol–water partition coefficient (Wildman–Crippen LogP) is 3.18. The van der Waals surface area contributed by atoms with Crippen LogP contribution in [0.5, 0.6) is 0 Å². The van der Waals surface area contributed by atoms with Crippen molar-refractivity contribution in [3.8, 4) is 0 Å². The molecule has 1 saturated heterocycles. The second-order valence-electron chi connectivity index (χ2n) is 7.19. The molecule has 4 amide bonds. The molecule has 146 valence electrons. The highest BCUT2D eigenvalue weighted by atomic mass is 79.9. The summed E-state index contributed by atoms with van der Waals surface area (Å²) in [7, 11) is 1.66. The number of hydrogen-bond donors (Lipinski definition) is 1. The summed E-state index contributed by atoms with van der Waals surface area (Å²) in [6, 6.07) is 14.5. The van der Waals surface area contributed by atoms with Crippen molar-refractivity contribution < 1.29 is 14.4 Å². The Morgan fingerprint density at radius 3 is 2.50 bits per heavy atom. The van der Waals surface area contributed by atoms with Crippen LogP contribution >= 0.6 is 15.9 Å². The number of nitrogens with one attached hydrogen (secondary N) is 1. The summed E-state index contributed by atoms with van der Waals surface area (Å²) in [6.45, 7) is 3.76. The van der Waals surface area contributed by atoms with Crippen molar-refractivity contribution in [1.29, 1.82) is 0 Å². The van der Waals surface area contributed by atoms with Crippen molar-refractivity contribution in [2.24, 2.45) is 0 Å². The summed E-state index contributed by atoms with van der Waals surface area (Å²) >= 11 is 3.38. The van der Waals surface area contributed by atoms with Crippen LogP contribution in [-0.4, -0.2) is 41.2 Å². The van der Waals surface area contributed by atoms with Gasteiger partial charge in [0.1, 0.15) is 12.1 Å². The van der Waals surface area contributed by atoms with Crippen LogP contribution in [0.1, 0.15) is 23.6 Å². The van der Waals surface area contributed by atoms with Gasteiger partial charge in [-0.3, -0.25) is 14.5 Å². The van der Waals surface area contributed by atoms with E-state index in [1.165, 1.54) is 4.90 Å². The van der Waals surface area contributed by atoms with Gasteiger partial charge in [0.25, 0.3) is 5.91 Å². The molecule has 0 saturated carbocycles. The summed E-state index contributed by atoms with van der Waals surface area (Å²) in [5.74, 6) is -0.741. The maximum absolute atomic E-state index is 13.0. The van der Waals surface area contributed by atoms with Crippen molar-refractivity contribution >= 4 is 33.8 Å². The van der Waals surface area contributed by atoms with E-state index in [1.807, 2.05) is 37.3 Å². The van der Waals surface area contributed by atoms with Crippen LogP contribution < -0.4 is 5.32 Å². The maximum atomic E-state index is 13.0. The lowest BCUT2D eigenvalue weighted by atomic mass is 9.92. The molecule has 2 aromatic rings. The number of likely N-dealkylation sites (N-methyl/N-ethyl adjacent to an activating group) is 1. The molecule has 0 aliphatic carbocycles. The number of carbonyl (C=O) groups excluding carboxylic acids is 3. The van der Waals surface area contributed by atoms with Crippen molar-refractivity contribution in [3.05, 3.63) is 69.7 Å². The fraction of sp³-hybridized carbons (Fsp3) is 0.286. The van der Waals surface area contributed by atoms with E-state index in [0.29, 0.717) is 12.1 Å². The fourth-order valence-electron chi connectivity index (χ4n) is 3.15. The number of halogens is 1. The van der Waals surface area contributed by atoms with Crippen molar-refractivity contribution in [2.45, 2.75) is 25.9 Å². The third-order valence-corrected chi connectivity index (χ3v) is 5.43. The lowest BCUT2D eigenvalue weighted by molar-refractivity contribution is -0.138. The summed E-state index contributed by atoms with van der Waals surface area (Å²) in [5, 5.41) is 2.72. The largest absolute Gasteiger partial charge is 0.340 e. The number of urea groups is 1. The number of benzene rings is 2. The van der Waals surface area contributed by atoms with E-state index in [9.17, 15) is 14.4 Å². The first kappa shape index (κ1) is 20.1. The van der Waals surface area contributed by atoms with Crippen LogP contribution in [-0.2, 0) is 21.7 Å². The monoisotopic (exact) mass is 443 g/mol. The molecular formula is C21H22BrN3O3. The molecule has 1 heterocycles. The van der Waals surface area contributed by atoms with Gasteiger partial charge in [-0.25, -0.2) is 4.79 Å². The second kappa shape index (κ2) is 7.75. The van der Waals surface area contributed by atoms with E-state index < -0.39 is 17.5 Å². The first-order chi connectivity index (χ1) is 13.2. The molecule has 1 N–H and O–H groups in total. The molecule has 0 spiro atoms. The lowest BCUT2D eigenvalue weighted by Crippen LogP contribution is -2.43. The van der Waals surface area contributed by atoms with Gasteiger partial charge < -0.3 is 10.2 Å². The van der Waals surface area contributed by atoms with Crippen LogP contribution in [0.3, 0.4) is 0 Å². The van der Waals surface area contributed by atoms with Gasteiger partial charge in [-0.1, -0.05) is 57.9 Å². The number of nitrogens with zero attached hydrogens (tertiary/aromatic N) is 2. The Morgan fingerprint density at radius 2 is 1.86 bits per heavy atom. The number of amides is 4. The second-order valence-corrected chi connectivity index (χ2v) is 8.11. The molecule has 0 bridgehead atoms.